The quantitative estimate of drug-likeness (QED) is 0.376. The summed E-state index contributed by atoms with van der Waals surface area (Å²) in [6.45, 7) is 9.74. The maximum absolute atomic E-state index is 13.1. The van der Waals surface area contributed by atoms with Crippen molar-refractivity contribution < 1.29 is 18.0 Å². The molecular weight excluding hydrogens is 465 g/mol. The molecule has 0 fully saturated rings. The predicted molar refractivity (Wildman–Crippen MR) is 132 cm³/mol. The highest BCUT2D eigenvalue weighted by molar-refractivity contribution is 6.33. The lowest BCUT2D eigenvalue weighted by Gasteiger charge is -2.25. The van der Waals surface area contributed by atoms with Gasteiger partial charge >= 0.3 is 6.18 Å². The van der Waals surface area contributed by atoms with Crippen LogP contribution in [0, 0.1) is 5.41 Å². The fourth-order valence-electron chi connectivity index (χ4n) is 3.35. The summed E-state index contributed by atoms with van der Waals surface area (Å²) in [6.07, 6.45) is -5.48. The minimum atomic E-state index is -4.76. The van der Waals surface area contributed by atoms with Gasteiger partial charge in [0.1, 0.15) is 5.71 Å². The van der Waals surface area contributed by atoms with Gasteiger partial charge < -0.3 is 15.2 Å². The molecule has 0 aromatic heterocycles. The van der Waals surface area contributed by atoms with Crippen LogP contribution in [0.5, 0.6) is 0 Å². The van der Waals surface area contributed by atoms with E-state index in [2.05, 4.69) is 23.7 Å². The van der Waals surface area contributed by atoms with E-state index in [0.717, 1.165) is 19.6 Å². The lowest BCUT2D eigenvalue weighted by atomic mass is 10.0. The van der Waals surface area contributed by atoms with Crippen LogP contribution in [-0.4, -0.2) is 66.0 Å². The molecule has 0 radical (unpaired) electrons. The number of benzene rings is 2. The molecule has 0 atom stereocenters. The molecule has 1 amide bonds. The molecule has 9 heteroatoms. The van der Waals surface area contributed by atoms with Gasteiger partial charge in [0.2, 0.25) is 0 Å². The number of carbonyl (C=O) groups excluding carboxylic acids is 1. The predicted octanol–water partition coefficient (Wildman–Crippen LogP) is 6.24. The zero-order valence-electron chi connectivity index (χ0n) is 19.6. The van der Waals surface area contributed by atoms with Crippen LogP contribution in [0.25, 0.3) is 0 Å². The summed E-state index contributed by atoms with van der Waals surface area (Å²) in [5, 5.41) is 7.73. The van der Waals surface area contributed by atoms with Gasteiger partial charge in [-0.1, -0.05) is 49.7 Å². The van der Waals surface area contributed by atoms with Crippen LogP contribution in [0.1, 0.15) is 43.1 Å². The van der Waals surface area contributed by atoms with Crippen molar-refractivity contribution in [2.75, 3.05) is 32.7 Å². The minimum absolute atomic E-state index is 0.0447. The molecule has 1 N–H and O–H groups in total. The Morgan fingerprint density at radius 3 is 2.06 bits per heavy atom. The standard InChI is InChI=1S/C25H30ClF3N4O/c1-4-32(5-2)15-16-33(6-3)24(34)19-13-11-18(12-14-19)22(17-23(30)25(27,28)29)31-21-10-8-7-9-20(21)26/h7-14,30H,4-6,15-17H2,1-3H3. The molecule has 0 spiro atoms. The summed E-state index contributed by atoms with van der Waals surface area (Å²) in [5.74, 6) is -0.145. The molecule has 2 aromatic rings. The van der Waals surface area contributed by atoms with Gasteiger partial charge in [0.05, 0.1) is 16.4 Å². The molecule has 0 aliphatic rings. The van der Waals surface area contributed by atoms with Crippen molar-refractivity contribution in [2.24, 2.45) is 4.99 Å². The Balaban J connectivity index is 2.31. The van der Waals surface area contributed by atoms with Gasteiger partial charge in [-0.3, -0.25) is 9.79 Å². The number of hydrogen-bond donors (Lipinski definition) is 1. The van der Waals surface area contributed by atoms with Crippen molar-refractivity contribution in [1.82, 2.24) is 9.80 Å². The maximum atomic E-state index is 13.1. The number of alkyl halides is 3. The smallest absolute Gasteiger partial charge is 0.338 e. The number of nitrogens with zero attached hydrogens (tertiary/aromatic N) is 3. The van der Waals surface area contributed by atoms with E-state index in [0.29, 0.717) is 29.9 Å². The molecule has 5 nitrogen and oxygen atoms in total. The van der Waals surface area contributed by atoms with E-state index in [1.165, 1.54) is 0 Å². The minimum Gasteiger partial charge on any atom is -0.338 e. The summed E-state index contributed by atoms with van der Waals surface area (Å²) in [5.41, 5.74) is -0.233. The molecule has 0 aliphatic heterocycles. The molecule has 2 aromatic carbocycles. The summed E-state index contributed by atoms with van der Waals surface area (Å²) in [4.78, 5) is 21.3. The normalized spacial score (nSPS) is 12.2. The van der Waals surface area contributed by atoms with E-state index in [1.807, 2.05) is 6.92 Å². The number of halogens is 4. The van der Waals surface area contributed by atoms with Crippen LogP contribution in [0.4, 0.5) is 18.9 Å². The van der Waals surface area contributed by atoms with Gasteiger partial charge in [-0.15, -0.1) is 0 Å². The number of amides is 1. The molecule has 0 saturated heterocycles. The van der Waals surface area contributed by atoms with Gasteiger partial charge in [0.25, 0.3) is 5.91 Å². The van der Waals surface area contributed by atoms with Crippen molar-refractivity contribution >= 4 is 34.6 Å². The van der Waals surface area contributed by atoms with Crippen molar-refractivity contribution in [3.63, 3.8) is 0 Å². The van der Waals surface area contributed by atoms with Crippen molar-refractivity contribution in [1.29, 1.82) is 5.41 Å². The van der Waals surface area contributed by atoms with Crippen LogP contribution < -0.4 is 0 Å². The van der Waals surface area contributed by atoms with Crippen LogP contribution in [-0.2, 0) is 0 Å². The van der Waals surface area contributed by atoms with Crippen molar-refractivity contribution in [3.8, 4) is 0 Å². The first-order chi connectivity index (χ1) is 16.1. The fourth-order valence-corrected chi connectivity index (χ4v) is 3.53. The summed E-state index contributed by atoms with van der Waals surface area (Å²) >= 11 is 6.14. The zero-order valence-corrected chi connectivity index (χ0v) is 20.4. The number of likely N-dealkylation sites (N-methyl/N-ethyl adjacent to an activating group) is 2. The van der Waals surface area contributed by atoms with Crippen molar-refractivity contribution in [2.45, 2.75) is 33.4 Å². The van der Waals surface area contributed by atoms with Gasteiger partial charge in [0.15, 0.2) is 0 Å². The third-order valence-electron chi connectivity index (χ3n) is 5.51. The molecule has 184 valence electrons. The average molecular weight is 495 g/mol. The van der Waals surface area contributed by atoms with Gasteiger partial charge in [-0.2, -0.15) is 13.2 Å². The highest BCUT2D eigenvalue weighted by Gasteiger charge is 2.35. The monoisotopic (exact) mass is 494 g/mol. The van der Waals surface area contributed by atoms with E-state index in [-0.39, 0.29) is 16.6 Å². The number of carbonyl (C=O) groups is 1. The van der Waals surface area contributed by atoms with Crippen LogP contribution in [0.15, 0.2) is 53.5 Å². The van der Waals surface area contributed by atoms with Crippen molar-refractivity contribution in [3.05, 3.63) is 64.7 Å². The second-order valence-electron chi connectivity index (χ2n) is 7.65. The van der Waals surface area contributed by atoms with Crippen LogP contribution in [0.3, 0.4) is 0 Å². The van der Waals surface area contributed by atoms with E-state index < -0.39 is 18.3 Å². The number of hydrogen-bond acceptors (Lipinski definition) is 4. The maximum Gasteiger partial charge on any atom is 0.429 e. The Kier molecular flexibility index (Phi) is 10.3. The number of rotatable bonds is 11. The number of nitrogens with one attached hydrogen (secondary N) is 1. The van der Waals surface area contributed by atoms with Gasteiger partial charge in [0, 0.05) is 31.6 Å². The van der Waals surface area contributed by atoms with Gasteiger partial charge in [-0.25, -0.2) is 0 Å². The first-order valence-corrected chi connectivity index (χ1v) is 11.6. The Labute approximate surface area is 203 Å². The SMILES string of the molecule is CCN(CC)CCN(CC)C(=O)c1ccc(C(CC(=N)C(F)(F)F)=Nc2ccccc2Cl)cc1. The van der Waals surface area contributed by atoms with Gasteiger partial charge in [-0.05, 0) is 49.8 Å². The third kappa shape index (κ3) is 7.67. The molecular formula is C25H30ClF3N4O. The largest absolute Gasteiger partial charge is 0.429 e. The molecule has 0 bridgehead atoms. The van der Waals surface area contributed by atoms with Crippen LogP contribution >= 0.6 is 11.6 Å². The number of aliphatic imine (C=N–C) groups is 1. The lowest BCUT2D eigenvalue weighted by molar-refractivity contribution is -0.0605. The Bertz CT molecular complexity index is 1000. The van der Waals surface area contributed by atoms with Crippen LogP contribution in [0.2, 0.25) is 5.02 Å². The second kappa shape index (κ2) is 12.7. The summed E-state index contributed by atoms with van der Waals surface area (Å²) in [7, 11) is 0. The summed E-state index contributed by atoms with van der Waals surface area (Å²) in [6, 6.07) is 12.8. The van der Waals surface area contributed by atoms with E-state index in [9.17, 15) is 18.0 Å². The molecule has 0 unspecified atom stereocenters. The average Bonchev–Trinajstić information content (AvgIpc) is 2.82. The van der Waals surface area contributed by atoms with E-state index in [4.69, 9.17) is 17.0 Å². The van der Waals surface area contributed by atoms with E-state index >= 15 is 0 Å². The number of para-hydroxylation sites is 1. The molecule has 34 heavy (non-hydrogen) atoms. The zero-order chi connectivity index (χ0) is 25.3. The fraction of sp³-hybridized carbons (Fsp3) is 0.400. The summed E-state index contributed by atoms with van der Waals surface area (Å²) < 4.78 is 39.2. The lowest BCUT2D eigenvalue weighted by Crippen LogP contribution is -2.38. The first kappa shape index (κ1) is 27.5. The highest BCUT2D eigenvalue weighted by atomic mass is 35.5. The highest BCUT2D eigenvalue weighted by Crippen LogP contribution is 2.27. The second-order valence-corrected chi connectivity index (χ2v) is 8.06. The Morgan fingerprint density at radius 2 is 1.53 bits per heavy atom. The van der Waals surface area contributed by atoms with E-state index in [1.54, 1.807) is 53.4 Å². The topological polar surface area (TPSA) is 59.8 Å². The molecule has 0 saturated carbocycles. The Hall–Kier alpha value is -2.71. The molecule has 2 rings (SSSR count). The first-order valence-electron chi connectivity index (χ1n) is 11.2. The Morgan fingerprint density at radius 1 is 0.941 bits per heavy atom. The third-order valence-corrected chi connectivity index (χ3v) is 5.83. The molecule has 0 heterocycles. The molecule has 0 aliphatic carbocycles.